The third-order valence-corrected chi connectivity index (χ3v) is 5.82. The Labute approximate surface area is 181 Å². The van der Waals surface area contributed by atoms with Crippen LogP contribution < -0.4 is 4.90 Å². The maximum Gasteiger partial charge on any atom is 0.253 e. The summed E-state index contributed by atoms with van der Waals surface area (Å²) in [5, 5.41) is 11.2. The number of aromatic nitrogens is 3. The van der Waals surface area contributed by atoms with Crippen molar-refractivity contribution in [2.24, 2.45) is 0 Å². The van der Waals surface area contributed by atoms with E-state index >= 15 is 0 Å². The molecule has 0 saturated carbocycles. The third-order valence-electron chi connectivity index (χ3n) is 5.82. The Morgan fingerprint density at radius 1 is 0.903 bits per heavy atom. The largest absolute Gasteiger partial charge is 0.348 e. The number of carbonyl (C=O) groups excluding carboxylic acids is 1. The minimum Gasteiger partial charge on any atom is -0.348 e. The second kappa shape index (κ2) is 8.14. The van der Waals surface area contributed by atoms with Gasteiger partial charge in [0.05, 0.1) is 0 Å². The molecule has 1 unspecified atom stereocenters. The van der Waals surface area contributed by atoms with Crippen LogP contribution in [-0.4, -0.2) is 51.7 Å². The predicted molar refractivity (Wildman–Crippen MR) is 122 cm³/mol. The maximum atomic E-state index is 12.9. The number of fused-ring (bicyclic) bond motifs is 1. The summed E-state index contributed by atoms with van der Waals surface area (Å²) in [5.74, 6) is 0.919. The first-order valence-corrected chi connectivity index (χ1v) is 10.5. The van der Waals surface area contributed by atoms with Gasteiger partial charge in [-0.25, -0.2) is 0 Å². The standard InChI is InChI=1S/C25H23N5O/c1-18-17-29(25(31)20-10-6-3-7-11-20)14-15-30(18)24-21-12-13-26-16-22(21)23(27-28-24)19-8-4-2-5-9-19/h2-13,16,18H,14-15,17H2,1H3. The van der Waals surface area contributed by atoms with E-state index in [4.69, 9.17) is 0 Å². The molecule has 2 aromatic carbocycles. The second-order valence-corrected chi connectivity index (χ2v) is 7.82. The minimum atomic E-state index is 0.0756. The molecule has 1 amide bonds. The van der Waals surface area contributed by atoms with Crippen molar-refractivity contribution in [3.8, 4) is 11.3 Å². The van der Waals surface area contributed by atoms with Crippen LogP contribution in [0.3, 0.4) is 0 Å². The van der Waals surface area contributed by atoms with Gasteiger partial charge in [-0.15, -0.1) is 10.2 Å². The average Bonchev–Trinajstić information content (AvgIpc) is 2.84. The molecule has 3 heterocycles. The molecule has 0 bridgehead atoms. The summed E-state index contributed by atoms with van der Waals surface area (Å²) >= 11 is 0. The van der Waals surface area contributed by atoms with Gasteiger partial charge in [0.2, 0.25) is 0 Å². The van der Waals surface area contributed by atoms with Crippen molar-refractivity contribution in [1.29, 1.82) is 0 Å². The molecule has 31 heavy (non-hydrogen) atoms. The topological polar surface area (TPSA) is 62.2 Å². The number of rotatable bonds is 3. The summed E-state index contributed by atoms with van der Waals surface area (Å²) in [7, 11) is 0. The van der Waals surface area contributed by atoms with Crippen LogP contribution in [0.2, 0.25) is 0 Å². The number of amides is 1. The van der Waals surface area contributed by atoms with Crippen LogP contribution in [-0.2, 0) is 0 Å². The molecule has 2 aromatic heterocycles. The number of pyridine rings is 1. The quantitative estimate of drug-likeness (QED) is 0.511. The lowest BCUT2D eigenvalue weighted by atomic mass is 10.1. The van der Waals surface area contributed by atoms with Gasteiger partial charge in [0.25, 0.3) is 5.91 Å². The number of anilines is 1. The lowest BCUT2D eigenvalue weighted by Crippen LogP contribution is -2.54. The maximum absolute atomic E-state index is 12.9. The summed E-state index contributed by atoms with van der Waals surface area (Å²) < 4.78 is 0. The SMILES string of the molecule is CC1CN(C(=O)c2ccccc2)CCN1c1nnc(-c2ccccc2)c2cnccc12. The van der Waals surface area contributed by atoms with Crippen LogP contribution in [0.1, 0.15) is 17.3 Å². The molecule has 1 fully saturated rings. The number of carbonyl (C=O) groups is 1. The number of piperazine rings is 1. The Kier molecular flexibility index (Phi) is 5.04. The Bertz CT molecular complexity index is 1210. The van der Waals surface area contributed by atoms with Gasteiger partial charge >= 0.3 is 0 Å². The molecule has 1 atom stereocenters. The van der Waals surface area contributed by atoms with Crippen molar-refractivity contribution in [2.45, 2.75) is 13.0 Å². The van der Waals surface area contributed by atoms with Gasteiger partial charge in [0, 0.05) is 60.0 Å². The molecular weight excluding hydrogens is 386 g/mol. The summed E-state index contributed by atoms with van der Waals surface area (Å²) in [4.78, 5) is 21.4. The highest BCUT2D eigenvalue weighted by Gasteiger charge is 2.29. The molecule has 1 aliphatic rings. The Morgan fingerprint density at radius 2 is 1.65 bits per heavy atom. The number of hydrogen-bond donors (Lipinski definition) is 0. The molecule has 0 spiro atoms. The van der Waals surface area contributed by atoms with Gasteiger partial charge < -0.3 is 9.80 Å². The summed E-state index contributed by atoms with van der Waals surface area (Å²) in [6.07, 6.45) is 3.65. The predicted octanol–water partition coefficient (Wildman–Crippen LogP) is 4.04. The van der Waals surface area contributed by atoms with Gasteiger partial charge in [-0.1, -0.05) is 48.5 Å². The molecule has 0 N–H and O–H groups in total. The smallest absolute Gasteiger partial charge is 0.253 e. The van der Waals surface area contributed by atoms with Crippen LogP contribution >= 0.6 is 0 Å². The Morgan fingerprint density at radius 3 is 2.39 bits per heavy atom. The van der Waals surface area contributed by atoms with Crippen molar-refractivity contribution < 1.29 is 4.79 Å². The molecule has 0 radical (unpaired) electrons. The van der Waals surface area contributed by atoms with Crippen LogP contribution in [0.25, 0.3) is 22.0 Å². The first-order chi connectivity index (χ1) is 15.2. The van der Waals surface area contributed by atoms with Crippen molar-refractivity contribution in [1.82, 2.24) is 20.1 Å². The van der Waals surface area contributed by atoms with Crippen molar-refractivity contribution >= 4 is 22.5 Å². The average molecular weight is 409 g/mol. The first kappa shape index (κ1) is 19.2. The van der Waals surface area contributed by atoms with E-state index in [0.717, 1.165) is 33.4 Å². The fourth-order valence-corrected chi connectivity index (χ4v) is 4.22. The van der Waals surface area contributed by atoms with Gasteiger partial charge in [-0.05, 0) is 25.1 Å². The first-order valence-electron chi connectivity index (χ1n) is 10.5. The Hall–Kier alpha value is -3.80. The van der Waals surface area contributed by atoms with Gasteiger partial charge in [-0.3, -0.25) is 9.78 Å². The van der Waals surface area contributed by atoms with E-state index in [1.165, 1.54) is 0 Å². The summed E-state index contributed by atoms with van der Waals surface area (Å²) in [6, 6.07) is 21.6. The molecule has 154 valence electrons. The second-order valence-electron chi connectivity index (χ2n) is 7.82. The fourth-order valence-electron chi connectivity index (χ4n) is 4.22. The zero-order valence-electron chi connectivity index (χ0n) is 17.3. The number of benzene rings is 2. The van der Waals surface area contributed by atoms with Crippen molar-refractivity contribution in [3.05, 3.63) is 84.7 Å². The van der Waals surface area contributed by atoms with E-state index < -0.39 is 0 Å². The number of hydrogen-bond acceptors (Lipinski definition) is 5. The zero-order valence-corrected chi connectivity index (χ0v) is 17.3. The molecular formula is C25H23N5O. The van der Waals surface area contributed by atoms with Gasteiger partial charge in [0.15, 0.2) is 5.82 Å². The highest BCUT2D eigenvalue weighted by atomic mass is 16.2. The lowest BCUT2D eigenvalue weighted by Gasteiger charge is -2.40. The molecule has 4 aromatic rings. The Balaban J connectivity index is 1.45. The molecule has 6 nitrogen and oxygen atoms in total. The zero-order chi connectivity index (χ0) is 21.2. The molecule has 0 aliphatic carbocycles. The van der Waals surface area contributed by atoms with Crippen LogP contribution in [0.15, 0.2) is 79.1 Å². The van der Waals surface area contributed by atoms with Crippen LogP contribution in [0, 0.1) is 0 Å². The van der Waals surface area contributed by atoms with E-state index in [2.05, 4.69) is 27.0 Å². The van der Waals surface area contributed by atoms with Crippen molar-refractivity contribution in [2.75, 3.05) is 24.5 Å². The lowest BCUT2D eigenvalue weighted by molar-refractivity contribution is 0.0726. The molecule has 6 heteroatoms. The highest BCUT2D eigenvalue weighted by Crippen LogP contribution is 2.32. The monoisotopic (exact) mass is 409 g/mol. The van der Waals surface area contributed by atoms with E-state index in [9.17, 15) is 4.79 Å². The van der Waals surface area contributed by atoms with Crippen LogP contribution in [0.4, 0.5) is 5.82 Å². The normalized spacial score (nSPS) is 16.5. The van der Waals surface area contributed by atoms with Gasteiger partial charge in [-0.2, -0.15) is 0 Å². The summed E-state index contributed by atoms with van der Waals surface area (Å²) in [5.41, 5.74) is 2.58. The molecule has 5 rings (SSSR count). The van der Waals surface area contributed by atoms with Crippen molar-refractivity contribution in [3.63, 3.8) is 0 Å². The number of nitrogens with zero attached hydrogens (tertiary/aromatic N) is 5. The highest BCUT2D eigenvalue weighted by molar-refractivity contribution is 6.00. The fraction of sp³-hybridized carbons (Fsp3) is 0.200. The van der Waals surface area contributed by atoms with Gasteiger partial charge in [0.1, 0.15) is 5.69 Å². The molecule has 1 aliphatic heterocycles. The summed E-state index contributed by atoms with van der Waals surface area (Å²) in [6.45, 7) is 4.12. The minimum absolute atomic E-state index is 0.0756. The van der Waals surface area contributed by atoms with E-state index in [1.807, 2.05) is 77.8 Å². The third kappa shape index (κ3) is 3.61. The van der Waals surface area contributed by atoms with E-state index in [0.29, 0.717) is 19.6 Å². The van der Waals surface area contributed by atoms with E-state index in [-0.39, 0.29) is 11.9 Å². The van der Waals surface area contributed by atoms with E-state index in [1.54, 1.807) is 6.20 Å². The van der Waals surface area contributed by atoms with Crippen LogP contribution in [0.5, 0.6) is 0 Å². The molecule has 1 saturated heterocycles.